The molecule has 0 unspecified atom stereocenters. The summed E-state index contributed by atoms with van der Waals surface area (Å²) in [4.78, 5) is 25.0. The molecule has 0 atom stereocenters. The number of rotatable bonds is 5. The van der Waals surface area contributed by atoms with Gasteiger partial charge in [0.15, 0.2) is 5.82 Å². The molecule has 4 rings (SSSR count). The molecule has 0 saturated carbocycles. The first kappa shape index (κ1) is 17.5. The summed E-state index contributed by atoms with van der Waals surface area (Å²) < 4.78 is 30.8. The molecule has 3 aromatic rings. The first-order chi connectivity index (χ1) is 13.1. The molecule has 1 aliphatic rings. The summed E-state index contributed by atoms with van der Waals surface area (Å²) in [7, 11) is 0. The van der Waals surface area contributed by atoms with Gasteiger partial charge in [0.05, 0.1) is 30.3 Å². The summed E-state index contributed by atoms with van der Waals surface area (Å²) in [5.41, 5.74) is 1.02. The monoisotopic (exact) mass is 376 g/mol. The number of aromatic nitrogens is 4. The molecule has 1 aliphatic heterocycles. The summed E-state index contributed by atoms with van der Waals surface area (Å²) >= 11 is 0. The van der Waals surface area contributed by atoms with Crippen molar-refractivity contribution in [2.45, 2.75) is 19.5 Å². The molecule has 1 aromatic carbocycles. The molecule has 0 amide bonds. The van der Waals surface area contributed by atoms with E-state index in [2.05, 4.69) is 24.9 Å². The van der Waals surface area contributed by atoms with E-state index in [9.17, 15) is 13.6 Å². The molecule has 1 fully saturated rings. The molecule has 3 heterocycles. The third-order valence-corrected chi connectivity index (χ3v) is 4.65. The minimum atomic E-state index is -2.59. The van der Waals surface area contributed by atoms with Gasteiger partial charge in [-0.2, -0.15) is 4.98 Å². The lowest BCUT2D eigenvalue weighted by atomic mass is 10.2. The van der Waals surface area contributed by atoms with Gasteiger partial charge in [-0.15, -0.1) is 0 Å². The van der Waals surface area contributed by atoms with Crippen LogP contribution in [0.15, 0.2) is 40.2 Å². The molecule has 0 spiro atoms. The molecular formula is C17H18F2N6O2. The first-order valence-electron chi connectivity index (χ1n) is 8.60. The Morgan fingerprint density at radius 3 is 2.67 bits per heavy atom. The van der Waals surface area contributed by atoms with Gasteiger partial charge in [-0.05, 0) is 18.2 Å². The molecule has 0 bridgehead atoms. The molecule has 2 aromatic heterocycles. The maximum Gasteiger partial charge on any atom is 0.261 e. The summed E-state index contributed by atoms with van der Waals surface area (Å²) in [6.07, 6.45) is -0.0863. The molecule has 142 valence electrons. The highest BCUT2D eigenvalue weighted by molar-refractivity contribution is 5.81. The van der Waals surface area contributed by atoms with Crippen molar-refractivity contribution in [3.63, 3.8) is 0 Å². The molecule has 8 nitrogen and oxygen atoms in total. The maximum atomic E-state index is 12.5. The minimum Gasteiger partial charge on any atom is -0.369 e. The Kier molecular flexibility index (Phi) is 4.80. The summed E-state index contributed by atoms with van der Waals surface area (Å²) in [6.45, 7) is 3.31. The van der Waals surface area contributed by atoms with E-state index >= 15 is 0 Å². The van der Waals surface area contributed by atoms with E-state index in [0.717, 1.165) is 36.4 Å². The Bertz CT molecular complexity index is 967. The van der Waals surface area contributed by atoms with Crippen LogP contribution in [0.5, 0.6) is 0 Å². The topological polar surface area (TPSA) is 80.3 Å². The number of hydrogen-bond donors (Lipinski definition) is 0. The molecule has 0 N–H and O–H groups in total. The average molecular weight is 376 g/mol. The highest BCUT2D eigenvalue weighted by Gasteiger charge is 2.19. The molecule has 0 radical (unpaired) electrons. The number of fused-ring (bicyclic) bond motifs is 1. The van der Waals surface area contributed by atoms with E-state index in [1.807, 2.05) is 12.1 Å². The molecule has 27 heavy (non-hydrogen) atoms. The van der Waals surface area contributed by atoms with Gasteiger partial charge in [0.25, 0.3) is 12.0 Å². The van der Waals surface area contributed by atoms with Crippen LogP contribution in [0.2, 0.25) is 0 Å². The lowest BCUT2D eigenvalue weighted by Gasteiger charge is -2.35. The van der Waals surface area contributed by atoms with Gasteiger partial charge >= 0.3 is 0 Å². The number of hydrogen-bond acceptors (Lipinski definition) is 7. The smallest absolute Gasteiger partial charge is 0.261 e. The van der Waals surface area contributed by atoms with Gasteiger partial charge in [-0.1, -0.05) is 5.16 Å². The number of anilines is 1. The maximum absolute atomic E-state index is 12.5. The second-order valence-electron chi connectivity index (χ2n) is 6.41. The van der Waals surface area contributed by atoms with Crippen molar-refractivity contribution < 1.29 is 13.3 Å². The Labute approximate surface area is 153 Å². The number of benzene rings is 1. The van der Waals surface area contributed by atoms with Crippen molar-refractivity contribution in [3.8, 4) is 0 Å². The predicted molar refractivity (Wildman–Crippen MR) is 93.8 cm³/mol. The highest BCUT2D eigenvalue weighted by atomic mass is 19.3. The Hall–Kier alpha value is -2.88. The summed E-state index contributed by atoms with van der Waals surface area (Å²) in [5, 5.41) is 4.17. The summed E-state index contributed by atoms with van der Waals surface area (Å²) in [5.74, 6) is 0.665. The predicted octanol–water partition coefficient (Wildman–Crippen LogP) is 1.37. The van der Waals surface area contributed by atoms with Crippen LogP contribution in [0.1, 0.15) is 5.82 Å². The zero-order valence-electron chi connectivity index (χ0n) is 14.5. The Balaban J connectivity index is 1.47. The lowest BCUT2D eigenvalue weighted by Crippen LogP contribution is -2.46. The average Bonchev–Trinajstić information content (AvgIpc) is 3.17. The highest BCUT2D eigenvalue weighted by Crippen LogP contribution is 2.21. The van der Waals surface area contributed by atoms with Gasteiger partial charge in [0.2, 0.25) is 6.39 Å². The van der Waals surface area contributed by atoms with Crippen LogP contribution in [0.25, 0.3) is 10.9 Å². The lowest BCUT2D eigenvalue weighted by molar-refractivity contribution is 0.125. The van der Waals surface area contributed by atoms with Crippen LogP contribution in [0.3, 0.4) is 0 Å². The van der Waals surface area contributed by atoms with Crippen molar-refractivity contribution in [2.24, 2.45) is 0 Å². The normalized spacial score (nSPS) is 15.7. The second kappa shape index (κ2) is 7.39. The van der Waals surface area contributed by atoms with Gasteiger partial charge in [-0.25, -0.2) is 13.8 Å². The number of alkyl halides is 2. The molecular weight excluding hydrogens is 358 g/mol. The fourth-order valence-electron chi connectivity index (χ4n) is 3.25. The summed E-state index contributed by atoms with van der Waals surface area (Å²) in [6, 6.07) is 5.33. The SMILES string of the molecule is O=c1c2ccc(N3CCN(Cc4ncon4)CC3)cc2ncn1CC(F)F. The van der Waals surface area contributed by atoms with E-state index in [-0.39, 0.29) is 0 Å². The number of piperazine rings is 1. The number of nitrogens with zero attached hydrogens (tertiary/aromatic N) is 6. The van der Waals surface area contributed by atoms with Crippen molar-refractivity contribution in [3.05, 3.63) is 47.1 Å². The molecule has 0 aliphatic carbocycles. The van der Waals surface area contributed by atoms with Gasteiger partial charge in [-0.3, -0.25) is 14.3 Å². The minimum absolute atomic E-state index is 0.345. The second-order valence-corrected chi connectivity index (χ2v) is 6.41. The van der Waals surface area contributed by atoms with Gasteiger partial charge in [0.1, 0.15) is 0 Å². The van der Waals surface area contributed by atoms with Crippen molar-refractivity contribution >= 4 is 16.6 Å². The van der Waals surface area contributed by atoms with E-state index in [1.165, 1.54) is 12.7 Å². The fraction of sp³-hybridized carbons (Fsp3) is 0.412. The van der Waals surface area contributed by atoms with E-state index in [1.54, 1.807) is 6.07 Å². The number of halogens is 2. The quantitative estimate of drug-likeness (QED) is 0.665. The van der Waals surface area contributed by atoms with E-state index in [4.69, 9.17) is 4.52 Å². The van der Waals surface area contributed by atoms with Crippen LogP contribution in [-0.4, -0.2) is 57.2 Å². The van der Waals surface area contributed by atoms with E-state index in [0.29, 0.717) is 23.3 Å². The van der Waals surface area contributed by atoms with Gasteiger partial charge < -0.3 is 9.42 Å². The largest absolute Gasteiger partial charge is 0.369 e. The van der Waals surface area contributed by atoms with Crippen molar-refractivity contribution in [2.75, 3.05) is 31.1 Å². The van der Waals surface area contributed by atoms with Crippen molar-refractivity contribution in [1.82, 2.24) is 24.6 Å². The fourth-order valence-corrected chi connectivity index (χ4v) is 3.25. The Morgan fingerprint density at radius 1 is 1.15 bits per heavy atom. The van der Waals surface area contributed by atoms with Crippen LogP contribution >= 0.6 is 0 Å². The molecule has 1 saturated heterocycles. The van der Waals surface area contributed by atoms with Crippen LogP contribution in [-0.2, 0) is 13.1 Å². The standard InChI is InChI=1S/C17H18F2N6O2/c18-15(19)8-25-10-20-14-7-12(1-2-13(14)17(25)26)24-5-3-23(4-6-24)9-16-21-11-27-22-16/h1-2,7,10-11,15H,3-6,8-9H2. The third-order valence-electron chi connectivity index (χ3n) is 4.65. The van der Waals surface area contributed by atoms with Crippen LogP contribution in [0, 0.1) is 0 Å². The van der Waals surface area contributed by atoms with Gasteiger partial charge in [0, 0.05) is 31.9 Å². The Morgan fingerprint density at radius 2 is 1.96 bits per heavy atom. The third kappa shape index (κ3) is 3.80. The van der Waals surface area contributed by atoms with E-state index < -0.39 is 18.5 Å². The molecule has 10 heteroatoms. The van der Waals surface area contributed by atoms with Crippen molar-refractivity contribution in [1.29, 1.82) is 0 Å². The zero-order chi connectivity index (χ0) is 18.8. The van der Waals surface area contributed by atoms with Crippen LogP contribution in [0.4, 0.5) is 14.5 Å². The zero-order valence-corrected chi connectivity index (χ0v) is 14.5. The van der Waals surface area contributed by atoms with Crippen LogP contribution < -0.4 is 10.5 Å². The first-order valence-corrected chi connectivity index (χ1v) is 8.60.